The van der Waals surface area contributed by atoms with Gasteiger partial charge in [0, 0.05) is 25.1 Å². The number of carbonyl (C=O) groups is 1. The zero-order valence-electron chi connectivity index (χ0n) is 19.2. The standard InChI is InChI=1S/C14H14FNO.C13H17NO3/c15-13-9-5-4-8-12(13)14(17)16-10-11-6-2-1-3-7-11;1-2-10(7-14-5-1)8-15-11-3-4-12-13(6-11)17-9-16-12/h2,4-9H,1,3,10H2,(H,16,17);3-4,6,10,14H,1-2,5,7-9H2. The van der Waals surface area contributed by atoms with Crippen LogP contribution in [0.2, 0.25) is 0 Å². The highest BCUT2D eigenvalue weighted by Gasteiger charge is 2.16. The van der Waals surface area contributed by atoms with Crippen molar-refractivity contribution in [2.45, 2.75) is 25.7 Å². The average molecular weight is 467 g/mol. The maximum Gasteiger partial charge on any atom is 0.254 e. The Labute approximate surface area is 199 Å². The molecule has 2 N–H and O–H groups in total. The molecule has 6 nitrogen and oxygen atoms in total. The zero-order valence-corrected chi connectivity index (χ0v) is 19.2. The van der Waals surface area contributed by atoms with E-state index in [0.717, 1.165) is 55.4 Å². The molecule has 34 heavy (non-hydrogen) atoms. The van der Waals surface area contributed by atoms with Crippen molar-refractivity contribution in [2.24, 2.45) is 5.92 Å². The molecule has 2 aromatic rings. The van der Waals surface area contributed by atoms with E-state index in [9.17, 15) is 9.18 Å². The first-order valence-corrected chi connectivity index (χ1v) is 11.8. The van der Waals surface area contributed by atoms with E-state index in [1.165, 1.54) is 25.0 Å². The smallest absolute Gasteiger partial charge is 0.254 e. The monoisotopic (exact) mass is 466 g/mol. The second-order valence-corrected chi connectivity index (χ2v) is 8.46. The van der Waals surface area contributed by atoms with Gasteiger partial charge in [-0.15, -0.1) is 0 Å². The molecular formula is C27H31FN2O4. The second-order valence-electron chi connectivity index (χ2n) is 8.46. The van der Waals surface area contributed by atoms with Crippen LogP contribution >= 0.6 is 0 Å². The summed E-state index contributed by atoms with van der Waals surface area (Å²) in [7, 11) is 0. The highest BCUT2D eigenvalue weighted by molar-refractivity contribution is 5.94. The van der Waals surface area contributed by atoms with Gasteiger partial charge in [-0.25, -0.2) is 4.39 Å². The van der Waals surface area contributed by atoms with Crippen molar-refractivity contribution < 1.29 is 23.4 Å². The minimum atomic E-state index is -0.488. The molecule has 1 atom stereocenters. The van der Waals surface area contributed by atoms with Gasteiger partial charge in [0.1, 0.15) is 11.6 Å². The van der Waals surface area contributed by atoms with Gasteiger partial charge in [0.2, 0.25) is 6.79 Å². The van der Waals surface area contributed by atoms with Gasteiger partial charge in [-0.1, -0.05) is 30.4 Å². The van der Waals surface area contributed by atoms with Gasteiger partial charge in [0.05, 0.1) is 12.2 Å². The summed E-state index contributed by atoms with van der Waals surface area (Å²) in [6, 6.07) is 11.7. The molecule has 0 spiro atoms. The van der Waals surface area contributed by atoms with Crippen molar-refractivity contribution in [2.75, 3.05) is 33.0 Å². The fourth-order valence-electron chi connectivity index (χ4n) is 3.97. The van der Waals surface area contributed by atoms with Gasteiger partial charge in [-0.05, 0) is 62.1 Å². The Balaban J connectivity index is 0.000000161. The molecule has 0 saturated carbocycles. The summed E-state index contributed by atoms with van der Waals surface area (Å²) >= 11 is 0. The summed E-state index contributed by atoms with van der Waals surface area (Å²) in [5.74, 6) is 2.20. The van der Waals surface area contributed by atoms with E-state index < -0.39 is 5.82 Å². The van der Waals surface area contributed by atoms with Crippen LogP contribution in [0.15, 0.2) is 66.3 Å². The lowest BCUT2D eigenvalue weighted by molar-refractivity contribution is 0.0953. The van der Waals surface area contributed by atoms with Crippen molar-refractivity contribution in [3.63, 3.8) is 0 Å². The van der Waals surface area contributed by atoms with E-state index in [1.807, 2.05) is 24.3 Å². The molecule has 2 aromatic carbocycles. The molecule has 3 aliphatic rings. The molecule has 0 bridgehead atoms. The van der Waals surface area contributed by atoms with Crippen LogP contribution in [0.4, 0.5) is 4.39 Å². The predicted molar refractivity (Wildman–Crippen MR) is 129 cm³/mol. The third-order valence-electron chi connectivity index (χ3n) is 5.87. The molecule has 1 saturated heterocycles. The minimum Gasteiger partial charge on any atom is -0.493 e. The maximum atomic E-state index is 13.3. The largest absolute Gasteiger partial charge is 0.493 e. The first-order valence-electron chi connectivity index (χ1n) is 11.8. The van der Waals surface area contributed by atoms with Gasteiger partial charge in [0.15, 0.2) is 11.5 Å². The lowest BCUT2D eigenvalue weighted by Gasteiger charge is -2.22. The normalized spacial score (nSPS) is 18.4. The van der Waals surface area contributed by atoms with E-state index in [4.69, 9.17) is 14.2 Å². The number of benzene rings is 2. The number of hydrogen-bond acceptors (Lipinski definition) is 5. The lowest BCUT2D eigenvalue weighted by Crippen LogP contribution is -2.33. The summed E-state index contributed by atoms with van der Waals surface area (Å²) in [4.78, 5) is 11.7. The Morgan fingerprint density at radius 3 is 2.82 bits per heavy atom. The number of carbonyl (C=O) groups excluding carboxylic acids is 1. The predicted octanol–water partition coefficient (Wildman–Crippen LogP) is 4.63. The van der Waals surface area contributed by atoms with Crippen molar-refractivity contribution in [1.29, 1.82) is 0 Å². The van der Waals surface area contributed by atoms with E-state index in [0.29, 0.717) is 19.3 Å². The molecule has 2 heterocycles. The van der Waals surface area contributed by atoms with Crippen molar-refractivity contribution in [1.82, 2.24) is 10.6 Å². The molecule has 1 fully saturated rings. The average Bonchev–Trinajstić information content (AvgIpc) is 3.36. The van der Waals surface area contributed by atoms with Crippen LogP contribution in [-0.4, -0.2) is 38.9 Å². The zero-order chi connectivity index (χ0) is 23.6. The molecule has 1 amide bonds. The Morgan fingerprint density at radius 1 is 1.15 bits per heavy atom. The van der Waals surface area contributed by atoms with Crippen molar-refractivity contribution >= 4 is 5.91 Å². The van der Waals surface area contributed by atoms with E-state index in [-0.39, 0.29) is 11.5 Å². The number of fused-ring (bicyclic) bond motifs is 1. The molecule has 7 heteroatoms. The van der Waals surface area contributed by atoms with Crippen molar-refractivity contribution in [3.8, 4) is 17.2 Å². The molecule has 2 aliphatic heterocycles. The Morgan fingerprint density at radius 2 is 2.03 bits per heavy atom. The molecule has 0 radical (unpaired) electrons. The first kappa shape index (κ1) is 23.8. The first-order chi connectivity index (χ1) is 16.7. The number of hydrogen-bond donors (Lipinski definition) is 2. The van der Waals surface area contributed by atoms with E-state index in [2.05, 4.69) is 22.8 Å². The molecule has 5 rings (SSSR count). The SMILES string of the molecule is O=C(NCC1=CCCC=C1)c1ccccc1F.c1cc2c(cc1OCC1CCCNC1)OCO2. The van der Waals surface area contributed by atoms with Crippen LogP contribution in [0.3, 0.4) is 0 Å². The van der Waals surface area contributed by atoms with E-state index >= 15 is 0 Å². The second kappa shape index (κ2) is 12.2. The molecular weight excluding hydrogens is 435 g/mol. The van der Waals surface area contributed by atoms with Gasteiger partial charge < -0.3 is 24.8 Å². The molecule has 1 unspecified atom stereocenters. The summed E-state index contributed by atoms with van der Waals surface area (Å²) in [5, 5.41) is 6.10. The Bertz CT molecular complexity index is 1030. The van der Waals surface area contributed by atoms with Gasteiger partial charge >= 0.3 is 0 Å². The summed E-state index contributed by atoms with van der Waals surface area (Å²) in [5.41, 5.74) is 1.16. The van der Waals surface area contributed by atoms with Crippen molar-refractivity contribution in [3.05, 3.63) is 77.6 Å². The van der Waals surface area contributed by atoms with Gasteiger partial charge in [-0.2, -0.15) is 0 Å². The summed E-state index contributed by atoms with van der Waals surface area (Å²) in [6.45, 7) is 3.73. The maximum absolute atomic E-state index is 13.3. The Kier molecular flexibility index (Phi) is 8.57. The van der Waals surface area contributed by atoms with Gasteiger partial charge in [-0.3, -0.25) is 4.79 Å². The Hall–Kier alpha value is -3.32. The number of rotatable bonds is 6. The minimum absolute atomic E-state index is 0.0906. The molecule has 180 valence electrons. The van der Waals surface area contributed by atoms with Crippen LogP contribution in [0.1, 0.15) is 36.0 Å². The number of ether oxygens (including phenoxy) is 3. The number of halogens is 1. The highest BCUT2D eigenvalue weighted by Crippen LogP contribution is 2.35. The summed E-state index contributed by atoms with van der Waals surface area (Å²) in [6.07, 6.45) is 10.7. The fraction of sp³-hybridized carbons (Fsp3) is 0.370. The van der Waals surface area contributed by atoms with E-state index in [1.54, 1.807) is 12.1 Å². The van der Waals surface area contributed by atoms with Crippen LogP contribution in [0.25, 0.3) is 0 Å². The number of piperidine rings is 1. The molecule has 1 aliphatic carbocycles. The van der Waals surface area contributed by atoms with Crippen LogP contribution in [0.5, 0.6) is 17.2 Å². The fourth-order valence-corrected chi connectivity index (χ4v) is 3.97. The van der Waals surface area contributed by atoms with Crippen LogP contribution in [0, 0.1) is 11.7 Å². The number of allylic oxidation sites excluding steroid dienone is 2. The number of nitrogens with one attached hydrogen (secondary N) is 2. The highest BCUT2D eigenvalue weighted by atomic mass is 19.1. The number of amides is 1. The lowest BCUT2D eigenvalue weighted by atomic mass is 10.0. The quantitative estimate of drug-likeness (QED) is 0.650. The third kappa shape index (κ3) is 6.84. The van der Waals surface area contributed by atoms with Gasteiger partial charge in [0.25, 0.3) is 5.91 Å². The topological polar surface area (TPSA) is 68.8 Å². The third-order valence-corrected chi connectivity index (χ3v) is 5.87. The van der Waals surface area contributed by atoms with Crippen LogP contribution in [-0.2, 0) is 0 Å². The summed E-state index contributed by atoms with van der Waals surface area (Å²) < 4.78 is 29.7. The molecule has 0 aromatic heterocycles. The van der Waals surface area contributed by atoms with Crippen LogP contribution < -0.4 is 24.8 Å².